The van der Waals surface area contributed by atoms with E-state index >= 15 is 0 Å². The van der Waals surface area contributed by atoms with Gasteiger partial charge in [-0.05, 0) is 48.5 Å². The van der Waals surface area contributed by atoms with Crippen LogP contribution in [-0.4, -0.2) is 75.7 Å². The lowest BCUT2D eigenvalue weighted by Gasteiger charge is -2.40. The Morgan fingerprint density at radius 1 is 0.765 bits per heavy atom. The topological polar surface area (TPSA) is 116 Å². The first-order valence-corrected chi connectivity index (χ1v) is 11.2. The van der Waals surface area contributed by atoms with Crippen LogP contribution in [0.4, 0.5) is 0 Å². The average molecular weight is 487 g/mol. The Bertz CT molecular complexity index is 715. The van der Waals surface area contributed by atoms with Gasteiger partial charge < -0.3 is 33.2 Å². The molecule has 0 spiro atoms. The fourth-order valence-corrected chi connectivity index (χ4v) is 3.00. The van der Waals surface area contributed by atoms with Crippen LogP contribution in [0, 0.1) is 16.2 Å². The maximum absolute atomic E-state index is 12.8. The first kappa shape index (κ1) is 28.2. The first-order chi connectivity index (χ1) is 15.6. The van der Waals surface area contributed by atoms with Crippen LogP contribution in [0.5, 0.6) is 0 Å². The molecule has 0 radical (unpaired) electrons. The zero-order valence-corrected chi connectivity index (χ0v) is 21.3. The van der Waals surface area contributed by atoms with Crippen molar-refractivity contribution in [1.82, 2.24) is 0 Å². The number of ether oxygens (including phenoxy) is 7. The Morgan fingerprint density at radius 3 is 1.44 bits per heavy atom. The van der Waals surface area contributed by atoms with Gasteiger partial charge in [-0.25, -0.2) is 0 Å². The summed E-state index contributed by atoms with van der Waals surface area (Å²) in [5.74, 6) is -3.48. The SMILES string of the molecule is C=CCOC(=O)C(C)(COC(=O)C1(C)COC(C)(C)OC1)COC(=O)C1(C)COC(C)(C)OC1. The summed E-state index contributed by atoms with van der Waals surface area (Å²) in [6, 6.07) is 0. The molecule has 0 atom stereocenters. The fraction of sp³-hybridized carbons (Fsp3) is 0.792. The second kappa shape index (κ2) is 10.3. The van der Waals surface area contributed by atoms with Crippen molar-refractivity contribution in [3.05, 3.63) is 12.7 Å². The molecule has 10 nitrogen and oxygen atoms in total. The third-order valence-electron chi connectivity index (χ3n) is 5.81. The summed E-state index contributed by atoms with van der Waals surface area (Å²) in [6.07, 6.45) is 1.41. The second-order valence-corrected chi connectivity index (χ2v) is 10.7. The molecule has 0 saturated carbocycles. The predicted octanol–water partition coefficient (Wildman–Crippen LogP) is 2.39. The molecular formula is C24H38O10. The first-order valence-electron chi connectivity index (χ1n) is 11.2. The highest BCUT2D eigenvalue weighted by Crippen LogP contribution is 2.33. The minimum Gasteiger partial charge on any atom is -0.464 e. The smallest absolute Gasteiger partial charge is 0.319 e. The van der Waals surface area contributed by atoms with Crippen molar-refractivity contribution in [3.8, 4) is 0 Å². The monoisotopic (exact) mass is 486 g/mol. The molecule has 34 heavy (non-hydrogen) atoms. The summed E-state index contributed by atoms with van der Waals surface area (Å²) in [5.41, 5.74) is -3.54. The molecule has 0 amide bonds. The molecule has 0 bridgehead atoms. The Kier molecular flexibility index (Phi) is 8.56. The van der Waals surface area contributed by atoms with E-state index in [4.69, 9.17) is 33.2 Å². The molecule has 2 rings (SSSR count). The van der Waals surface area contributed by atoms with E-state index in [1.165, 1.54) is 13.0 Å². The Balaban J connectivity index is 2.04. The summed E-state index contributed by atoms with van der Waals surface area (Å²) >= 11 is 0. The summed E-state index contributed by atoms with van der Waals surface area (Å²) in [5, 5.41) is 0. The van der Waals surface area contributed by atoms with E-state index in [0.717, 1.165) is 0 Å². The maximum atomic E-state index is 12.8. The number of esters is 3. The molecule has 0 N–H and O–H groups in total. The van der Waals surface area contributed by atoms with Gasteiger partial charge in [0.25, 0.3) is 0 Å². The van der Waals surface area contributed by atoms with Crippen LogP contribution in [-0.2, 0) is 47.5 Å². The van der Waals surface area contributed by atoms with E-state index in [9.17, 15) is 14.4 Å². The quantitative estimate of drug-likeness (QED) is 0.273. The molecule has 0 aromatic rings. The standard InChI is InChI=1S/C24H38O10/c1-9-10-28-17(25)22(6,11-29-18(26)23(7)13-31-20(2,3)32-14-23)12-30-19(27)24(8)15-33-21(4,5)34-16-24/h9H,1,10-16H2,2-8H3. The van der Waals surface area contributed by atoms with Crippen molar-refractivity contribution in [1.29, 1.82) is 0 Å². The van der Waals surface area contributed by atoms with Gasteiger partial charge in [0.1, 0.15) is 36.1 Å². The largest absolute Gasteiger partial charge is 0.464 e. The lowest BCUT2D eigenvalue weighted by Crippen LogP contribution is -2.51. The van der Waals surface area contributed by atoms with Crippen LogP contribution >= 0.6 is 0 Å². The highest BCUT2D eigenvalue weighted by molar-refractivity contribution is 5.81. The van der Waals surface area contributed by atoms with Crippen LogP contribution < -0.4 is 0 Å². The molecule has 10 heteroatoms. The molecular weight excluding hydrogens is 448 g/mol. The Hall–Kier alpha value is -2.01. The van der Waals surface area contributed by atoms with E-state index in [-0.39, 0.29) is 46.2 Å². The van der Waals surface area contributed by atoms with Crippen LogP contribution in [0.15, 0.2) is 12.7 Å². The minimum absolute atomic E-state index is 0.0424. The molecule has 2 aliphatic heterocycles. The number of hydrogen-bond donors (Lipinski definition) is 0. The lowest BCUT2D eigenvalue weighted by atomic mass is 9.89. The third-order valence-corrected chi connectivity index (χ3v) is 5.81. The predicted molar refractivity (Wildman–Crippen MR) is 119 cm³/mol. The van der Waals surface area contributed by atoms with Crippen molar-refractivity contribution >= 4 is 17.9 Å². The number of rotatable bonds is 9. The van der Waals surface area contributed by atoms with Crippen LogP contribution in [0.2, 0.25) is 0 Å². The Morgan fingerprint density at radius 2 is 1.12 bits per heavy atom. The lowest BCUT2D eigenvalue weighted by molar-refractivity contribution is -0.282. The van der Waals surface area contributed by atoms with E-state index < -0.39 is 45.7 Å². The van der Waals surface area contributed by atoms with Gasteiger partial charge in [0.2, 0.25) is 0 Å². The van der Waals surface area contributed by atoms with Crippen molar-refractivity contribution < 1.29 is 47.5 Å². The molecule has 2 saturated heterocycles. The summed E-state index contributed by atoms with van der Waals surface area (Å²) in [6.45, 7) is 15.0. The molecule has 2 aliphatic rings. The van der Waals surface area contributed by atoms with Crippen molar-refractivity contribution in [2.24, 2.45) is 16.2 Å². The van der Waals surface area contributed by atoms with E-state index in [0.29, 0.717) is 0 Å². The van der Waals surface area contributed by atoms with Crippen molar-refractivity contribution in [3.63, 3.8) is 0 Å². The number of hydrogen-bond acceptors (Lipinski definition) is 10. The van der Waals surface area contributed by atoms with Gasteiger partial charge in [-0.3, -0.25) is 14.4 Å². The van der Waals surface area contributed by atoms with Gasteiger partial charge in [-0.1, -0.05) is 12.7 Å². The average Bonchev–Trinajstić information content (AvgIpc) is 2.78. The van der Waals surface area contributed by atoms with Gasteiger partial charge in [0.05, 0.1) is 26.4 Å². The van der Waals surface area contributed by atoms with Gasteiger partial charge in [-0.2, -0.15) is 0 Å². The minimum atomic E-state index is -1.45. The maximum Gasteiger partial charge on any atom is 0.319 e. The van der Waals surface area contributed by atoms with Crippen molar-refractivity contribution in [2.75, 3.05) is 46.2 Å². The highest BCUT2D eigenvalue weighted by atomic mass is 16.7. The van der Waals surface area contributed by atoms with Gasteiger partial charge in [-0.15, -0.1) is 0 Å². The van der Waals surface area contributed by atoms with Crippen LogP contribution in [0.25, 0.3) is 0 Å². The van der Waals surface area contributed by atoms with Crippen LogP contribution in [0.1, 0.15) is 48.5 Å². The molecule has 0 aromatic carbocycles. The van der Waals surface area contributed by atoms with Crippen molar-refractivity contribution in [2.45, 2.75) is 60.0 Å². The number of carbonyl (C=O) groups is 3. The fourth-order valence-electron chi connectivity index (χ4n) is 3.00. The van der Waals surface area contributed by atoms with E-state index in [1.54, 1.807) is 41.5 Å². The van der Waals surface area contributed by atoms with Gasteiger partial charge in [0.15, 0.2) is 11.6 Å². The molecule has 2 fully saturated rings. The molecule has 194 valence electrons. The van der Waals surface area contributed by atoms with E-state index in [1.807, 2.05) is 0 Å². The molecule has 0 unspecified atom stereocenters. The molecule has 0 aromatic heterocycles. The third kappa shape index (κ3) is 7.00. The van der Waals surface area contributed by atoms with Gasteiger partial charge in [0, 0.05) is 0 Å². The molecule has 2 heterocycles. The van der Waals surface area contributed by atoms with Crippen LogP contribution in [0.3, 0.4) is 0 Å². The zero-order chi connectivity index (χ0) is 25.8. The van der Waals surface area contributed by atoms with Gasteiger partial charge >= 0.3 is 17.9 Å². The summed E-state index contributed by atoms with van der Waals surface area (Å²) in [4.78, 5) is 38.4. The van der Waals surface area contributed by atoms with E-state index in [2.05, 4.69) is 6.58 Å². The highest BCUT2D eigenvalue weighted by Gasteiger charge is 2.47. The summed E-state index contributed by atoms with van der Waals surface area (Å²) in [7, 11) is 0. The second-order valence-electron chi connectivity index (χ2n) is 10.7. The normalized spacial score (nSPS) is 22.8. The Labute approximate surface area is 201 Å². The zero-order valence-electron chi connectivity index (χ0n) is 21.3. The number of carbonyl (C=O) groups excluding carboxylic acids is 3. The molecule has 0 aliphatic carbocycles. The summed E-state index contributed by atoms with van der Waals surface area (Å²) < 4.78 is 38.5.